The molecular weight excluding hydrogens is 350 g/mol. The van der Waals surface area contributed by atoms with Gasteiger partial charge in [0.1, 0.15) is 0 Å². The Morgan fingerprint density at radius 2 is 1.61 bits per heavy atom. The number of piperidine rings is 1. The number of amides is 2. The van der Waals surface area contributed by atoms with Gasteiger partial charge in [0.05, 0.1) is 6.54 Å². The molecule has 0 aliphatic carbocycles. The van der Waals surface area contributed by atoms with Crippen LogP contribution in [0.2, 0.25) is 0 Å². The van der Waals surface area contributed by atoms with E-state index >= 15 is 0 Å². The second-order valence-electron chi connectivity index (χ2n) is 8.98. The van der Waals surface area contributed by atoms with E-state index in [1.54, 1.807) is 0 Å². The maximum atomic E-state index is 12.8. The zero-order valence-corrected chi connectivity index (χ0v) is 16.9. The van der Waals surface area contributed by atoms with Gasteiger partial charge < -0.3 is 9.80 Å². The van der Waals surface area contributed by atoms with E-state index in [4.69, 9.17) is 0 Å². The number of carbonyl (C=O) groups is 2. The van der Waals surface area contributed by atoms with Crippen LogP contribution < -0.4 is 0 Å². The molecule has 3 heterocycles. The van der Waals surface area contributed by atoms with Crippen molar-refractivity contribution in [1.82, 2.24) is 14.7 Å². The maximum absolute atomic E-state index is 12.8. The third-order valence-electron chi connectivity index (χ3n) is 6.86. The summed E-state index contributed by atoms with van der Waals surface area (Å²) < 4.78 is 0. The molecule has 5 nitrogen and oxygen atoms in total. The smallest absolute Gasteiger partial charge is 0.236 e. The molecule has 2 amide bonds. The van der Waals surface area contributed by atoms with Crippen molar-refractivity contribution in [1.29, 1.82) is 0 Å². The molecule has 3 aliphatic heterocycles. The summed E-state index contributed by atoms with van der Waals surface area (Å²) in [4.78, 5) is 31.8. The van der Waals surface area contributed by atoms with Crippen molar-refractivity contribution in [3.63, 3.8) is 0 Å². The molecule has 3 aliphatic rings. The molecule has 1 aromatic carbocycles. The number of benzene rings is 1. The van der Waals surface area contributed by atoms with Crippen LogP contribution in [0.25, 0.3) is 0 Å². The summed E-state index contributed by atoms with van der Waals surface area (Å²) in [6.45, 7) is 5.86. The minimum atomic E-state index is 0.0747. The number of hydrogen-bond acceptors (Lipinski definition) is 3. The second kappa shape index (κ2) is 8.64. The lowest BCUT2D eigenvalue weighted by atomic mass is 9.77. The van der Waals surface area contributed by atoms with Crippen LogP contribution in [0.4, 0.5) is 0 Å². The minimum Gasteiger partial charge on any atom is -0.342 e. The zero-order chi connectivity index (χ0) is 19.4. The Hall–Kier alpha value is -1.88. The van der Waals surface area contributed by atoms with Crippen molar-refractivity contribution >= 4 is 11.8 Å². The van der Waals surface area contributed by atoms with Crippen LogP contribution in [0.1, 0.15) is 50.5 Å². The molecule has 3 fully saturated rings. The highest BCUT2D eigenvalue weighted by Gasteiger charge is 2.45. The first-order valence-electron chi connectivity index (χ1n) is 11.0. The standard InChI is InChI=1S/C23H33N3O2/c27-21-16-23(19-26(21)17-20-8-4-3-5-9-20)10-14-25(15-11-23)22(28)18-24-12-6-1-2-7-13-24/h3-5,8-9H,1-2,6-7,10-19H2. The minimum absolute atomic E-state index is 0.0747. The molecule has 152 valence electrons. The molecule has 1 spiro atoms. The summed E-state index contributed by atoms with van der Waals surface area (Å²) in [6.07, 6.45) is 7.58. The van der Waals surface area contributed by atoms with Crippen LogP contribution in [0.5, 0.6) is 0 Å². The Morgan fingerprint density at radius 3 is 2.29 bits per heavy atom. The molecule has 0 unspecified atom stereocenters. The Bertz CT molecular complexity index is 674. The predicted molar refractivity (Wildman–Crippen MR) is 110 cm³/mol. The van der Waals surface area contributed by atoms with E-state index in [0.717, 1.165) is 45.6 Å². The van der Waals surface area contributed by atoms with Crippen LogP contribution in [0.3, 0.4) is 0 Å². The fraction of sp³-hybridized carbons (Fsp3) is 0.652. The Morgan fingerprint density at radius 1 is 0.929 bits per heavy atom. The molecule has 1 aromatic rings. The van der Waals surface area contributed by atoms with Gasteiger partial charge in [-0.3, -0.25) is 14.5 Å². The molecule has 4 rings (SSSR count). The van der Waals surface area contributed by atoms with Gasteiger partial charge >= 0.3 is 0 Å². The van der Waals surface area contributed by atoms with E-state index in [1.165, 1.54) is 31.2 Å². The molecule has 3 saturated heterocycles. The van der Waals surface area contributed by atoms with Gasteiger partial charge in [0.25, 0.3) is 0 Å². The molecule has 0 aromatic heterocycles. The number of nitrogens with zero attached hydrogens (tertiary/aromatic N) is 3. The summed E-state index contributed by atoms with van der Waals surface area (Å²) in [6, 6.07) is 10.2. The molecule has 0 radical (unpaired) electrons. The van der Waals surface area contributed by atoms with Gasteiger partial charge in [0, 0.05) is 38.0 Å². The third kappa shape index (κ3) is 4.57. The van der Waals surface area contributed by atoms with Gasteiger partial charge in [-0.25, -0.2) is 0 Å². The van der Waals surface area contributed by atoms with E-state index in [1.807, 2.05) is 28.0 Å². The number of hydrogen-bond donors (Lipinski definition) is 0. The van der Waals surface area contributed by atoms with Crippen LogP contribution in [0, 0.1) is 5.41 Å². The lowest BCUT2D eigenvalue weighted by Crippen LogP contribution is -2.47. The van der Waals surface area contributed by atoms with Crippen LogP contribution in [0.15, 0.2) is 30.3 Å². The van der Waals surface area contributed by atoms with Crippen LogP contribution >= 0.6 is 0 Å². The first-order valence-corrected chi connectivity index (χ1v) is 11.0. The largest absolute Gasteiger partial charge is 0.342 e. The van der Waals surface area contributed by atoms with Crippen molar-refractivity contribution in [2.45, 2.75) is 51.5 Å². The number of rotatable bonds is 4. The average molecular weight is 384 g/mol. The van der Waals surface area contributed by atoms with Crippen molar-refractivity contribution < 1.29 is 9.59 Å². The molecule has 0 atom stereocenters. The van der Waals surface area contributed by atoms with Gasteiger partial charge in [-0.05, 0) is 44.3 Å². The lowest BCUT2D eigenvalue weighted by Gasteiger charge is -2.39. The fourth-order valence-electron chi connectivity index (χ4n) is 5.08. The van der Waals surface area contributed by atoms with E-state index < -0.39 is 0 Å². The summed E-state index contributed by atoms with van der Waals surface area (Å²) >= 11 is 0. The van der Waals surface area contributed by atoms with Crippen LogP contribution in [-0.2, 0) is 16.1 Å². The topological polar surface area (TPSA) is 43.9 Å². The van der Waals surface area contributed by atoms with E-state index in [-0.39, 0.29) is 17.2 Å². The highest BCUT2D eigenvalue weighted by Crippen LogP contribution is 2.41. The molecule has 0 bridgehead atoms. The average Bonchev–Trinajstić information content (AvgIpc) is 2.87. The summed E-state index contributed by atoms with van der Waals surface area (Å²) in [5.41, 5.74) is 1.27. The van der Waals surface area contributed by atoms with E-state index in [9.17, 15) is 9.59 Å². The van der Waals surface area contributed by atoms with E-state index in [2.05, 4.69) is 17.0 Å². The molecule has 28 heavy (non-hydrogen) atoms. The quantitative estimate of drug-likeness (QED) is 0.803. The van der Waals surface area contributed by atoms with Gasteiger partial charge in [-0.1, -0.05) is 43.2 Å². The highest BCUT2D eigenvalue weighted by atomic mass is 16.2. The summed E-state index contributed by atoms with van der Waals surface area (Å²) in [5, 5.41) is 0. The zero-order valence-electron chi connectivity index (χ0n) is 16.9. The number of likely N-dealkylation sites (tertiary alicyclic amines) is 3. The first-order chi connectivity index (χ1) is 13.6. The summed E-state index contributed by atoms with van der Waals surface area (Å²) in [5.74, 6) is 0.551. The van der Waals surface area contributed by atoms with Gasteiger partial charge in [-0.15, -0.1) is 0 Å². The monoisotopic (exact) mass is 383 g/mol. The Balaban J connectivity index is 1.28. The summed E-state index contributed by atoms with van der Waals surface area (Å²) in [7, 11) is 0. The molecular formula is C23H33N3O2. The van der Waals surface area contributed by atoms with Crippen molar-refractivity contribution in [2.75, 3.05) is 39.3 Å². The SMILES string of the molecule is O=C(CN1CCCCCC1)N1CCC2(CC1)CC(=O)N(Cc1ccccc1)C2. The van der Waals surface area contributed by atoms with Crippen molar-refractivity contribution in [3.05, 3.63) is 35.9 Å². The van der Waals surface area contributed by atoms with Gasteiger partial charge in [0.15, 0.2) is 0 Å². The fourth-order valence-corrected chi connectivity index (χ4v) is 5.08. The third-order valence-corrected chi connectivity index (χ3v) is 6.86. The van der Waals surface area contributed by atoms with Gasteiger partial charge in [0.2, 0.25) is 11.8 Å². The van der Waals surface area contributed by atoms with Gasteiger partial charge in [-0.2, -0.15) is 0 Å². The van der Waals surface area contributed by atoms with Crippen LogP contribution in [-0.4, -0.2) is 65.8 Å². The predicted octanol–water partition coefficient (Wildman–Crippen LogP) is 2.90. The molecule has 0 N–H and O–H groups in total. The second-order valence-corrected chi connectivity index (χ2v) is 8.98. The first kappa shape index (κ1) is 19.4. The highest BCUT2D eigenvalue weighted by molar-refractivity contribution is 5.80. The maximum Gasteiger partial charge on any atom is 0.236 e. The Kier molecular flexibility index (Phi) is 6.00. The van der Waals surface area contributed by atoms with Crippen molar-refractivity contribution in [2.24, 2.45) is 5.41 Å². The molecule has 5 heteroatoms. The lowest BCUT2D eigenvalue weighted by molar-refractivity contribution is -0.134. The van der Waals surface area contributed by atoms with Crippen molar-refractivity contribution in [3.8, 4) is 0 Å². The number of carbonyl (C=O) groups excluding carboxylic acids is 2. The normalized spacial score (nSPS) is 23.2. The van der Waals surface area contributed by atoms with E-state index in [0.29, 0.717) is 19.5 Å². The molecule has 0 saturated carbocycles. The Labute approximate surface area is 168 Å².